The SMILES string of the molecule is CC(C)(C)c1ccc2c3ccc(Oc4ccc5c(c4)-n4[c-][n+](-c6c(-c7ccccc7)cccc6-c6ccccc6)c6ccc7c(c64)-c4c-5cccc4[Si]7(C)C)cc3n(-c3cc([Si](C)(C)C)ccn3)c2c1. The molecule has 2 aliphatic heterocycles. The monoisotopic (exact) mass is 938 g/mol. The lowest BCUT2D eigenvalue weighted by molar-refractivity contribution is -0.571. The van der Waals surface area contributed by atoms with Crippen molar-refractivity contribution < 1.29 is 9.30 Å². The summed E-state index contributed by atoms with van der Waals surface area (Å²) >= 11 is 0. The first kappa shape index (κ1) is 42.5. The van der Waals surface area contributed by atoms with E-state index in [0.29, 0.717) is 0 Å². The van der Waals surface area contributed by atoms with Gasteiger partial charge in [-0.15, -0.1) is 0 Å². The normalized spacial score (nSPS) is 13.5. The molecule has 3 aromatic heterocycles. The van der Waals surface area contributed by atoms with Crippen molar-refractivity contribution in [2.75, 3.05) is 0 Å². The number of ether oxygens (including phenoxy) is 1. The van der Waals surface area contributed by atoms with Crippen LogP contribution in [0.1, 0.15) is 26.3 Å². The van der Waals surface area contributed by atoms with E-state index in [2.05, 4.69) is 249 Å². The Kier molecular flexibility index (Phi) is 9.23. The molecule has 11 aromatic rings. The highest BCUT2D eigenvalue weighted by molar-refractivity contribution is 7.04. The summed E-state index contributed by atoms with van der Waals surface area (Å²) in [6.07, 6.45) is 6.03. The van der Waals surface area contributed by atoms with E-state index in [-0.39, 0.29) is 5.41 Å². The first-order valence-corrected chi connectivity index (χ1v) is 31.0. The molecule has 5 heterocycles. The summed E-state index contributed by atoms with van der Waals surface area (Å²) in [6.45, 7) is 19.0. The molecule has 0 bridgehead atoms. The van der Waals surface area contributed by atoms with E-state index in [0.717, 1.165) is 73.1 Å². The molecule has 0 unspecified atom stereocenters. The van der Waals surface area contributed by atoms with Gasteiger partial charge < -0.3 is 4.74 Å². The molecule has 13 rings (SSSR count). The first-order valence-electron chi connectivity index (χ1n) is 24.5. The standard InChI is InChI=1S/C63H54N4OSi2/c1-63(2,3)42-25-28-48-49-29-26-44(37-55(49)67(54(48)35-42)58-38-45(33-34-64-58)69(4,5)6)68-43-27-30-50-51-23-16-24-56-59(51)60-57(70(56,7)8)32-31-52-62(60)66(53(50)36-43)39-65(52)61-46(40-17-11-9-12-18-40)21-15-22-47(61)41-19-13-10-14-20-41/h9-38H,1-8H3. The fourth-order valence-corrected chi connectivity index (χ4v) is 15.6. The number of rotatable bonds is 7. The molecule has 0 fully saturated rings. The van der Waals surface area contributed by atoms with Crippen LogP contribution >= 0.6 is 0 Å². The lowest BCUT2D eigenvalue weighted by Crippen LogP contribution is -2.49. The molecule has 0 saturated heterocycles. The molecule has 0 aliphatic carbocycles. The van der Waals surface area contributed by atoms with E-state index in [9.17, 15) is 0 Å². The molecular formula is C63H54N4OSi2. The average Bonchev–Trinajstić information content (AvgIpc) is 3.95. The van der Waals surface area contributed by atoms with Gasteiger partial charge in [-0.1, -0.05) is 191 Å². The number of aromatic nitrogens is 4. The van der Waals surface area contributed by atoms with Crippen molar-refractivity contribution >= 4 is 64.5 Å². The van der Waals surface area contributed by atoms with Gasteiger partial charge in [0.1, 0.15) is 25.4 Å². The van der Waals surface area contributed by atoms with Crippen molar-refractivity contribution in [3.63, 3.8) is 0 Å². The van der Waals surface area contributed by atoms with Crippen LogP contribution in [-0.4, -0.2) is 30.3 Å². The number of para-hydroxylation sites is 1. The lowest BCUT2D eigenvalue weighted by Gasteiger charge is -2.20. The third-order valence-electron chi connectivity index (χ3n) is 15.1. The zero-order valence-electron chi connectivity index (χ0n) is 41.0. The zero-order chi connectivity index (χ0) is 47.8. The number of hydrogen-bond donors (Lipinski definition) is 0. The van der Waals surface area contributed by atoms with Crippen molar-refractivity contribution in [1.29, 1.82) is 0 Å². The summed E-state index contributed by atoms with van der Waals surface area (Å²) in [5.74, 6) is 2.46. The second kappa shape index (κ2) is 15.2. The molecule has 5 nitrogen and oxygen atoms in total. The average molecular weight is 939 g/mol. The van der Waals surface area contributed by atoms with Crippen LogP contribution in [-0.2, 0) is 5.41 Å². The van der Waals surface area contributed by atoms with Gasteiger partial charge in [0, 0.05) is 23.0 Å². The summed E-state index contributed by atoms with van der Waals surface area (Å²) < 4.78 is 14.1. The second-order valence-corrected chi connectivity index (χ2v) is 31.2. The Morgan fingerprint density at radius 3 is 1.91 bits per heavy atom. The molecule has 0 spiro atoms. The minimum absolute atomic E-state index is 0.0128. The summed E-state index contributed by atoms with van der Waals surface area (Å²) in [5, 5.41) is 6.70. The highest BCUT2D eigenvalue weighted by Crippen LogP contribution is 2.47. The van der Waals surface area contributed by atoms with Crippen LogP contribution in [0.5, 0.6) is 11.5 Å². The molecule has 7 heteroatoms. The van der Waals surface area contributed by atoms with Crippen LogP contribution in [0.2, 0.25) is 32.7 Å². The molecule has 0 saturated carbocycles. The summed E-state index contributed by atoms with van der Waals surface area (Å²) in [7, 11) is -3.69. The summed E-state index contributed by atoms with van der Waals surface area (Å²) in [4.78, 5) is 5.04. The van der Waals surface area contributed by atoms with Crippen LogP contribution in [0.25, 0.3) is 94.5 Å². The largest absolute Gasteiger partial charge is 0.458 e. The van der Waals surface area contributed by atoms with Gasteiger partial charge in [-0.25, -0.2) is 4.98 Å². The zero-order valence-corrected chi connectivity index (χ0v) is 43.0. The Morgan fingerprint density at radius 1 is 0.586 bits per heavy atom. The number of pyridine rings is 1. The van der Waals surface area contributed by atoms with E-state index in [1.54, 1.807) is 0 Å². The smallest absolute Gasteiger partial charge is 0.269 e. The van der Waals surface area contributed by atoms with Gasteiger partial charge in [-0.3, -0.25) is 13.7 Å². The number of fused-ring (bicyclic) bond motifs is 6. The van der Waals surface area contributed by atoms with E-state index in [1.165, 1.54) is 54.1 Å². The van der Waals surface area contributed by atoms with Gasteiger partial charge in [0.15, 0.2) is 0 Å². The quantitative estimate of drug-likeness (QED) is 0.0907. The van der Waals surface area contributed by atoms with Crippen molar-refractivity contribution in [1.82, 2.24) is 14.1 Å². The lowest BCUT2D eigenvalue weighted by atomic mass is 9.86. The molecule has 70 heavy (non-hydrogen) atoms. The molecule has 0 radical (unpaired) electrons. The molecule has 8 aromatic carbocycles. The van der Waals surface area contributed by atoms with Crippen molar-refractivity contribution in [2.24, 2.45) is 0 Å². The molecule has 0 atom stereocenters. The molecule has 340 valence electrons. The minimum Gasteiger partial charge on any atom is -0.458 e. The Bertz CT molecular complexity index is 3910. The van der Waals surface area contributed by atoms with Crippen molar-refractivity contribution in [3.05, 3.63) is 194 Å². The van der Waals surface area contributed by atoms with Gasteiger partial charge in [0.2, 0.25) is 0 Å². The molecular weight excluding hydrogens is 885 g/mol. The molecule has 2 aliphatic rings. The predicted octanol–water partition coefficient (Wildman–Crippen LogP) is 14.0. The maximum Gasteiger partial charge on any atom is 0.269 e. The maximum absolute atomic E-state index is 7.07. The second-order valence-electron chi connectivity index (χ2n) is 21.8. The number of hydrogen-bond acceptors (Lipinski definition) is 2. The van der Waals surface area contributed by atoms with E-state index < -0.39 is 16.1 Å². The molecule has 0 N–H and O–H groups in total. The third-order valence-corrected chi connectivity index (χ3v) is 20.7. The summed E-state index contributed by atoms with van der Waals surface area (Å²) in [5.41, 5.74) is 17.7. The highest BCUT2D eigenvalue weighted by Gasteiger charge is 2.42. The van der Waals surface area contributed by atoms with Gasteiger partial charge >= 0.3 is 0 Å². The number of nitrogens with zero attached hydrogens (tertiary/aromatic N) is 4. The Hall–Kier alpha value is -7.59. The van der Waals surface area contributed by atoms with Gasteiger partial charge in [0.25, 0.3) is 6.33 Å². The Morgan fingerprint density at radius 2 is 1.21 bits per heavy atom. The van der Waals surface area contributed by atoms with E-state index in [4.69, 9.17) is 9.72 Å². The minimum atomic E-state index is -2.05. The van der Waals surface area contributed by atoms with Crippen LogP contribution < -0.4 is 24.9 Å². The van der Waals surface area contributed by atoms with E-state index in [1.807, 2.05) is 6.20 Å². The highest BCUT2D eigenvalue weighted by atomic mass is 28.3. The third kappa shape index (κ3) is 6.41. The maximum atomic E-state index is 7.07. The van der Waals surface area contributed by atoms with Crippen LogP contribution in [0.4, 0.5) is 0 Å². The Labute approximate surface area is 412 Å². The molecule has 0 amide bonds. The number of imidazole rings is 1. The van der Waals surface area contributed by atoms with E-state index >= 15 is 0 Å². The van der Waals surface area contributed by atoms with Gasteiger partial charge in [-0.05, 0) is 103 Å². The Balaban J connectivity index is 1.03. The van der Waals surface area contributed by atoms with Crippen LogP contribution in [0, 0.1) is 6.33 Å². The van der Waals surface area contributed by atoms with Crippen LogP contribution in [0.15, 0.2) is 182 Å². The summed E-state index contributed by atoms with van der Waals surface area (Å²) in [6, 6.07) is 64.6. The fraction of sp³-hybridized carbons (Fsp3) is 0.143. The first-order chi connectivity index (χ1) is 33.7. The number of benzene rings is 8. The van der Waals surface area contributed by atoms with Crippen molar-refractivity contribution in [3.8, 4) is 73.2 Å². The predicted molar refractivity (Wildman–Crippen MR) is 296 cm³/mol. The van der Waals surface area contributed by atoms with Crippen LogP contribution in [0.3, 0.4) is 0 Å². The van der Waals surface area contributed by atoms with Gasteiger partial charge in [-0.2, -0.15) is 0 Å². The fourth-order valence-electron chi connectivity index (χ4n) is 11.4. The van der Waals surface area contributed by atoms with Gasteiger partial charge in [0.05, 0.1) is 41.5 Å². The van der Waals surface area contributed by atoms with Crippen molar-refractivity contribution in [2.45, 2.75) is 58.9 Å². The topological polar surface area (TPSA) is 35.9 Å².